The number of hydrogen-bond acceptors (Lipinski definition) is 4. The Morgan fingerprint density at radius 3 is 2.94 bits per heavy atom. The minimum atomic E-state index is 0.724. The third kappa shape index (κ3) is 2.71. The second-order valence-corrected chi connectivity index (χ2v) is 4.42. The fraction of sp³-hybridized carbons (Fsp3) is 0.357. The van der Waals surface area contributed by atoms with Gasteiger partial charge in [0.25, 0.3) is 0 Å². The molecule has 0 saturated carbocycles. The highest BCUT2D eigenvalue weighted by atomic mass is 15.1. The molecular formula is C14H20N4. The molecule has 0 radical (unpaired) electrons. The molecular weight excluding hydrogens is 224 g/mol. The van der Waals surface area contributed by atoms with Gasteiger partial charge in [-0.1, -0.05) is 6.92 Å². The van der Waals surface area contributed by atoms with E-state index in [4.69, 9.17) is 5.73 Å². The van der Waals surface area contributed by atoms with Gasteiger partial charge in [-0.2, -0.15) is 0 Å². The van der Waals surface area contributed by atoms with E-state index >= 15 is 0 Å². The molecule has 96 valence electrons. The number of nitrogens with two attached hydrogens (primary N) is 1. The van der Waals surface area contributed by atoms with E-state index in [0.717, 1.165) is 41.9 Å². The Kier molecular flexibility index (Phi) is 3.99. The zero-order chi connectivity index (χ0) is 13.0. The average molecular weight is 244 g/mol. The van der Waals surface area contributed by atoms with Crippen LogP contribution in [0.3, 0.4) is 0 Å². The Hall–Kier alpha value is -1.81. The molecule has 2 rings (SSSR count). The second-order valence-electron chi connectivity index (χ2n) is 4.42. The first-order valence-electron chi connectivity index (χ1n) is 6.28. The highest BCUT2D eigenvalue weighted by molar-refractivity contribution is 5.98. The van der Waals surface area contributed by atoms with Gasteiger partial charge in [0, 0.05) is 30.4 Å². The molecule has 0 aliphatic rings. The van der Waals surface area contributed by atoms with E-state index < -0.39 is 0 Å². The van der Waals surface area contributed by atoms with Gasteiger partial charge in [-0.05, 0) is 37.9 Å². The van der Waals surface area contributed by atoms with Crippen LogP contribution in [0, 0.1) is 0 Å². The molecule has 0 fully saturated rings. The number of likely N-dealkylation sites (N-methyl/N-ethyl adjacent to an activating group) is 1. The van der Waals surface area contributed by atoms with Crippen molar-refractivity contribution in [3.8, 4) is 0 Å². The van der Waals surface area contributed by atoms with Crippen molar-refractivity contribution in [3.05, 3.63) is 30.5 Å². The summed E-state index contributed by atoms with van der Waals surface area (Å²) in [5, 5.41) is 4.52. The first-order valence-corrected chi connectivity index (χ1v) is 6.28. The standard InChI is InChI=1S/C14H20N4/c1-3-18(2)10-9-16-13-7-6-12(15)14-11(13)5-4-8-17-14/h4-8,16H,3,9-10,15H2,1-2H3. The molecule has 0 aliphatic heterocycles. The highest BCUT2D eigenvalue weighted by Gasteiger charge is 2.04. The molecule has 1 aromatic carbocycles. The zero-order valence-electron chi connectivity index (χ0n) is 11.0. The Bertz CT molecular complexity index is 524. The monoisotopic (exact) mass is 244 g/mol. The molecule has 0 bridgehead atoms. The molecule has 1 aromatic heterocycles. The van der Waals surface area contributed by atoms with E-state index in [1.807, 2.05) is 24.3 Å². The summed E-state index contributed by atoms with van der Waals surface area (Å²) in [6, 6.07) is 7.90. The van der Waals surface area contributed by atoms with Crippen molar-refractivity contribution in [2.45, 2.75) is 6.92 Å². The highest BCUT2D eigenvalue weighted by Crippen LogP contribution is 2.26. The molecule has 0 amide bonds. The lowest BCUT2D eigenvalue weighted by Crippen LogP contribution is -2.24. The topological polar surface area (TPSA) is 54.2 Å². The molecule has 4 nitrogen and oxygen atoms in total. The van der Waals surface area contributed by atoms with Crippen molar-refractivity contribution in [2.24, 2.45) is 0 Å². The van der Waals surface area contributed by atoms with Crippen molar-refractivity contribution >= 4 is 22.3 Å². The summed E-state index contributed by atoms with van der Waals surface area (Å²) in [7, 11) is 2.12. The maximum absolute atomic E-state index is 5.93. The van der Waals surface area contributed by atoms with Crippen molar-refractivity contribution in [2.75, 3.05) is 37.7 Å². The number of anilines is 2. The van der Waals surface area contributed by atoms with Gasteiger partial charge in [0.1, 0.15) is 0 Å². The molecule has 0 unspecified atom stereocenters. The fourth-order valence-corrected chi connectivity index (χ4v) is 1.89. The van der Waals surface area contributed by atoms with Gasteiger partial charge in [-0.15, -0.1) is 0 Å². The first-order chi connectivity index (χ1) is 8.72. The largest absolute Gasteiger partial charge is 0.397 e. The second kappa shape index (κ2) is 5.69. The molecule has 4 heteroatoms. The summed E-state index contributed by atoms with van der Waals surface area (Å²) in [6.45, 7) is 5.15. The van der Waals surface area contributed by atoms with Crippen LogP contribution >= 0.6 is 0 Å². The van der Waals surface area contributed by atoms with Crippen LogP contribution in [-0.2, 0) is 0 Å². The number of hydrogen-bond donors (Lipinski definition) is 2. The van der Waals surface area contributed by atoms with Crippen LogP contribution in [0.2, 0.25) is 0 Å². The number of benzene rings is 1. The summed E-state index contributed by atoms with van der Waals surface area (Å²) in [6.07, 6.45) is 1.77. The molecule has 0 saturated heterocycles. The fourth-order valence-electron chi connectivity index (χ4n) is 1.89. The molecule has 0 aliphatic carbocycles. The number of rotatable bonds is 5. The number of pyridine rings is 1. The molecule has 3 N–H and O–H groups in total. The number of aromatic nitrogens is 1. The Morgan fingerprint density at radius 2 is 2.17 bits per heavy atom. The summed E-state index contributed by atoms with van der Waals surface area (Å²) in [4.78, 5) is 6.59. The first kappa shape index (κ1) is 12.6. The Morgan fingerprint density at radius 1 is 1.33 bits per heavy atom. The van der Waals surface area contributed by atoms with E-state index in [9.17, 15) is 0 Å². The Balaban J connectivity index is 2.16. The van der Waals surface area contributed by atoms with Crippen molar-refractivity contribution < 1.29 is 0 Å². The lowest BCUT2D eigenvalue weighted by molar-refractivity contribution is 0.367. The lowest BCUT2D eigenvalue weighted by Gasteiger charge is -2.15. The number of nitrogens with one attached hydrogen (secondary N) is 1. The van der Waals surface area contributed by atoms with Gasteiger partial charge in [0.2, 0.25) is 0 Å². The van der Waals surface area contributed by atoms with Crippen LogP contribution < -0.4 is 11.1 Å². The maximum atomic E-state index is 5.93. The van der Waals surface area contributed by atoms with Crippen LogP contribution in [0.25, 0.3) is 10.9 Å². The third-order valence-electron chi connectivity index (χ3n) is 3.15. The van der Waals surface area contributed by atoms with Gasteiger partial charge < -0.3 is 16.0 Å². The zero-order valence-corrected chi connectivity index (χ0v) is 11.0. The van der Waals surface area contributed by atoms with Crippen LogP contribution in [-0.4, -0.2) is 36.6 Å². The van der Waals surface area contributed by atoms with Gasteiger partial charge in [0.05, 0.1) is 11.2 Å². The van der Waals surface area contributed by atoms with Gasteiger partial charge in [0.15, 0.2) is 0 Å². The SMILES string of the molecule is CCN(C)CCNc1ccc(N)c2ncccc12. The normalized spacial score (nSPS) is 11.1. The van der Waals surface area contributed by atoms with Crippen molar-refractivity contribution in [1.29, 1.82) is 0 Å². The molecule has 2 aromatic rings. The summed E-state index contributed by atoms with van der Waals surface area (Å²) < 4.78 is 0. The van der Waals surface area contributed by atoms with Crippen molar-refractivity contribution in [1.82, 2.24) is 9.88 Å². The van der Waals surface area contributed by atoms with Gasteiger partial charge >= 0.3 is 0 Å². The van der Waals surface area contributed by atoms with E-state index in [-0.39, 0.29) is 0 Å². The molecule has 0 atom stereocenters. The number of nitrogens with zero attached hydrogens (tertiary/aromatic N) is 2. The smallest absolute Gasteiger partial charge is 0.0951 e. The summed E-state index contributed by atoms with van der Waals surface area (Å²) >= 11 is 0. The third-order valence-corrected chi connectivity index (χ3v) is 3.15. The lowest BCUT2D eigenvalue weighted by atomic mass is 10.1. The quantitative estimate of drug-likeness (QED) is 0.792. The minimum absolute atomic E-state index is 0.724. The number of fused-ring (bicyclic) bond motifs is 1. The van der Waals surface area contributed by atoms with E-state index in [1.165, 1.54) is 0 Å². The van der Waals surface area contributed by atoms with Crippen LogP contribution in [0.4, 0.5) is 11.4 Å². The summed E-state index contributed by atoms with van der Waals surface area (Å²) in [5.74, 6) is 0. The van der Waals surface area contributed by atoms with E-state index in [1.54, 1.807) is 6.20 Å². The minimum Gasteiger partial charge on any atom is -0.397 e. The molecule has 0 spiro atoms. The van der Waals surface area contributed by atoms with Crippen LogP contribution in [0.15, 0.2) is 30.5 Å². The van der Waals surface area contributed by atoms with Crippen LogP contribution in [0.5, 0.6) is 0 Å². The summed E-state index contributed by atoms with van der Waals surface area (Å²) in [5.41, 5.74) is 8.61. The molecule has 1 heterocycles. The van der Waals surface area contributed by atoms with Gasteiger partial charge in [-0.3, -0.25) is 4.98 Å². The average Bonchev–Trinajstić information content (AvgIpc) is 2.41. The molecule has 18 heavy (non-hydrogen) atoms. The van der Waals surface area contributed by atoms with E-state index in [0.29, 0.717) is 0 Å². The van der Waals surface area contributed by atoms with E-state index in [2.05, 4.69) is 29.2 Å². The predicted molar refractivity (Wildman–Crippen MR) is 77.8 cm³/mol. The predicted octanol–water partition coefficient (Wildman–Crippen LogP) is 2.18. The van der Waals surface area contributed by atoms with Crippen LogP contribution in [0.1, 0.15) is 6.92 Å². The van der Waals surface area contributed by atoms with Gasteiger partial charge in [-0.25, -0.2) is 0 Å². The number of nitrogen functional groups attached to an aromatic ring is 1. The maximum Gasteiger partial charge on any atom is 0.0951 e. The Labute approximate surface area is 108 Å². The van der Waals surface area contributed by atoms with Crippen molar-refractivity contribution in [3.63, 3.8) is 0 Å².